The van der Waals surface area contributed by atoms with E-state index in [0.29, 0.717) is 35.9 Å². The first-order chi connectivity index (χ1) is 14.5. The molecule has 4 N–H and O–H groups in total. The van der Waals surface area contributed by atoms with Crippen LogP contribution in [-0.4, -0.2) is 40.9 Å². The zero-order valence-electron chi connectivity index (χ0n) is 15.9. The Morgan fingerprint density at radius 2 is 1.90 bits per heavy atom. The summed E-state index contributed by atoms with van der Waals surface area (Å²) < 4.78 is 5.01. The Balaban J connectivity index is 1.33. The van der Waals surface area contributed by atoms with Gasteiger partial charge in [-0.15, -0.1) is 11.3 Å². The number of amides is 3. The summed E-state index contributed by atoms with van der Waals surface area (Å²) in [5.41, 5.74) is 0.918. The van der Waals surface area contributed by atoms with Crippen LogP contribution in [0.15, 0.2) is 52.5 Å². The number of thiazole rings is 1. The molecule has 3 rings (SSSR count). The molecule has 9 nitrogen and oxygen atoms in total. The van der Waals surface area contributed by atoms with Crippen molar-refractivity contribution >= 4 is 34.2 Å². The first-order valence-electron chi connectivity index (χ1n) is 9.14. The van der Waals surface area contributed by atoms with Crippen LogP contribution in [0.1, 0.15) is 33.0 Å². The third kappa shape index (κ3) is 6.17. The molecule has 0 saturated carbocycles. The molecule has 3 amide bonds. The quantitative estimate of drug-likeness (QED) is 0.386. The number of aromatic nitrogens is 1. The van der Waals surface area contributed by atoms with E-state index in [1.807, 2.05) is 0 Å². The van der Waals surface area contributed by atoms with Crippen molar-refractivity contribution in [1.29, 1.82) is 0 Å². The van der Waals surface area contributed by atoms with Crippen LogP contribution >= 0.6 is 11.3 Å². The molecule has 1 aromatic carbocycles. The number of aromatic hydroxyl groups is 1. The standard InChI is InChI=1S/C20H20N4O5S/c25-15-5-1-4-13(10-15)18(27)22-8-3-7-21-17(26)11-14-12-30-20(23-14)24-19(28)16-6-2-9-29-16/h1-2,4-6,9-10,12,25H,3,7-8,11H2,(H,21,26)(H,22,27)(H,23,24,28). The Kier molecular flexibility index (Phi) is 7.17. The third-order valence-corrected chi connectivity index (χ3v) is 4.74. The van der Waals surface area contributed by atoms with E-state index in [-0.39, 0.29) is 29.7 Å². The van der Waals surface area contributed by atoms with Crippen molar-refractivity contribution in [3.05, 3.63) is 65.1 Å². The summed E-state index contributed by atoms with van der Waals surface area (Å²) in [6.45, 7) is 0.778. The molecule has 0 saturated heterocycles. The normalized spacial score (nSPS) is 10.4. The average Bonchev–Trinajstić information content (AvgIpc) is 3.40. The summed E-state index contributed by atoms with van der Waals surface area (Å²) in [4.78, 5) is 40.1. The lowest BCUT2D eigenvalue weighted by atomic mass is 10.2. The highest BCUT2D eigenvalue weighted by Crippen LogP contribution is 2.17. The van der Waals surface area contributed by atoms with Gasteiger partial charge in [-0.1, -0.05) is 6.07 Å². The second-order valence-electron chi connectivity index (χ2n) is 6.26. The minimum Gasteiger partial charge on any atom is -0.508 e. The molecular weight excluding hydrogens is 408 g/mol. The van der Waals surface area contributed by atoms with Crippen molar-refractivity contribution in [2.75, 3.05) is 18.4 Å². The maximum Gasteiger partial charge on any atom is 0.293 e. The molecule has 30 heavy (non-hydrogen) atoms. The maximum atomic E-state index is 12.0. The third-order valence-electron chi connectivity index (χ3n) is 3.93. The second kappa shape index (κ2) is 10.2. The molecule has 0 radical (unpaired) electrons. The number of phenols is 1. The largest absolute Gasteiger partial charge is 0.508 e. The maximum absolute atomic E-state index is 12.0. The molecule has 0 aliphatic carbocycles. The van der Waals surface area contributed by atoms with E-state index in [0.717, 1.165) is 0 Å². The van der Waals surface area contributed by atoms with Crippen molar-refractivity contribution in [3.63, 3.8) is 0 Å². The van der Waals surface area contributed by atoms with Crippen LogP contribution in [0, 0.1) is 0 Å². The molecule has 0 aliphatic heterocycles. The number of benzene rings is 1. The lowest BCUT2D eigenvalue weighted by molar-refractivity contribution is -0.120. The smallest absolute Gasteiger partial charge is 0.293 e. The molecule has 0 aliphatic rings. The summed E-state index contributed by atoms with van der Waals surface area (Å²) in [6.07, 6.45) is 2.05. The van der Waals surface area contributed by atoms with Crippen molar-refractivity contribution in [2.45, 2.75) is 12.8 Å². The zero-order valence-corrected chi connectivity index (χ0v) is 16.7. The van der Waals surface area contributed by atoms with Crippen LogP contribution in [0.5, 0.6) is 5.75 Å². The van der Waals surface area contributed by atoms with Gasteiger partial charge in [0.15, 0.2) is 10.9 Å². The van der Waals surface area contributed by atoms with Gasteiger partial charge in [0.2, 0.25) is 5.91 Å². The van der Waals surface area contributed by atoms with E-state index in [1.165, 1.54) is 29.7 Å². The number of anilines is 1. The number of nitrogens with zero attached hydrogens (tertiary/aromatic N) is 1. The minimum absolute atomic E-state index is 0.0284. The van der Waals surface area contributed by atoms with Gasteiger partial charge in [-0.25, -0.2) is 4.98 Å². The predicted octanol–water partition coefficient (Wildman–Crippen LogP) is 2.17. The van der Waals surface area contributed by atoms with Gasteiger partial charge >= 0.3 is 0 Å². The Bertz CT molecular complexity index is 1020. The fourth-order valence-corrected chi connectivity index (χ4v) is 3.21. The number of rotatable bonds is 9. The van der Waals surface area contributed by atoms with Crippen LogP contribution in [0.4, 0.5) is 5.13 Å². The molecular formula is C20H20N4O5S. The zero-order chi connectivity index (χ0) is 21.3. The number of hydrogen-bond acceptors (Lipinski definition) is 7. The molecule has 2 aromatic heterocycles. The van der Waals surface area contributed by atoms with Gasteiger partial charge in [0.1, 0.15) is 5.75 Å². The Hall–Kier alpha value is -3.66. The molecule has 0 bridgehead atoms. The summed E-state index contributed by atoms with van der Waals surface area (Å²) in [7, 11) is 0. The average molecular weight is 428 g/mol. The molecule has 2 heterocycles. The van der Waals surface area contributed by atoms with E-state index in [4.69, 9.17) is 4.42 Å². The van der Waals surface area contributed by atoms with Crippen LogP contribution < -0.4 is 16.0 Å². The first-order valence-corrected chi connectivity index (χ1v) is 10.0. The number of carbonyl (C=O) groups excluding carboxylic acids is 3. The van der Waals surface area contributed by atoms with Gasteiger partial charge in [-0.05, 0) is 36.8 Å². The molecule has 0 fully saturated rings. The molecule has 0 atom stereocenters. The van der Waals surface area contributed by atoms with Gasteiger partial charge in [0.05, 0.1) is 18.4 Å². The number of nitrogens with one attached hydrogen (secondary N) is 3. The van der Waals surface area contributed by atoms with E-state index < -0.39 is 5.91 Å². The van der Waals surface area contributed by atoms with Gasteiger partial charge in [-0.3, -0.25) is 19.7 Å². The fraction of sp³-hybridized carbons (Fsp3) is 0.200. The SMILES string of the molecule is O=C(Cc1csc(NC(=O)c2ccco2)n1)NCCCNC(=O)c1cccc(O)c1. The summed E-state index contributed by atoms with van der Waals surface area (Å²) in [5, 5.41) is 19.6. The van der Waals surface area contributed by atoms with Crippen LogP contribution in [0.2, 0.25) is 0 Å². The van der Waals surface area contributed by atoms with Gasteiger partial charge < -0.3 is 20.2 Å². The predicted molar refractivity (Wildman–Crippen MR) is 111 cm³/mol. The Labute approximate surface area is 176 Å². The monoisotopic (exact) mass is 428 g/mol. The Morgan fingerprint density at radius 3 is 2.67 bits per heavy atom. The lowest BCUT2D eigenvalue weighted by Crippen LogP contribution is -2.30. The lowest BCUT2D eigenvalue weighted by Gasteiger charge is -2.07. The molecule has 3 aromatic rings. The van der Waals surface area contributed by atoms with Crippen molar-refractivity contribution in [2.24, 2.45) is 0 Å². The second-order valence-corrected chi connectivity index (χ2v) is 7.12. The first kappa shape index (κ1) is 21.1. The highest BCUT2D eigenvalue weighted by atomic mass is 32.1. The van der Waals surface area contributed by atoms with Crippen LogP contribution in [0.3, 0.4) is 0 Å². The van der Waals surface area contributed by atoms with Crippen molar-refractivity contribution in [1.82, 2.24) is 15.6 Å². The molecule has 156 valence electrons. The van der Waals surface area contributed by atoms with E-state index in [1.54, 1.807) is 29.6 Å². The summed E-state index contributed by atoms with van der Waals surface area (Å²) >= 11 is 1.22. The molecule has 10 heteroatoms. The molecule has 0 unspecified atom stereocenters. The van der Waals surface area contributed by atoms with Gasteiger partial charge in [-0.2, -0.15) is 0 Å². The van der Waals surface area contributed by atoms with E-state index in [2.05, 4.69) is 20.9 Å². The molecule has 0 spiro atoms. The number of hydrogen-bond donors (Lipinski definition) is 4. The van der Waals surface area contributed by atoms with Gasteiger partial charge in [0, 0.05) is 24.0 Å². The van der Waals surface area contributed by atoms with E-state index >= 15 is 0 Å². The minimum atomic E-state index is -0.405. The van der Waals surface area contributed by atoms with Crippen LogP contribution in [-0.2, 0) is 11.2 Å². The van der Waals surface area contributed by atoms with Crippen molar-refractivity contribution < 1.29 is 23.9 Å². The summed E-state index contributed by atoms with van der Waals surface area (Å²) in [5.74, 6) is -0.688. The van der Waals surface area contributed by atoms with Crippen LogP contribution in [0.25, 0.3) is 0 Å². The Morgan fingerprint density at radius 1 is 1.07 bits per heavy atom. The summed E-state index contributed by atoms with van der Waals surface area (Å²) in [6, 6.07) is 9.24. The highest BCUT2D eigenvalue weighted by Gasteiger charge is 2.13. The van der Waals surface area contributed by atoms with Gasteiger partial charge in [0.25, 0.3) is 11.8 Å². The number of carbonyl (C=O) groups is 3. The van der Waals surface area contributed by atoms with Crippen molar-refractivity contribution in [3.8, 4) is 5.75 Å². The van der Waals surface area contributed by atoms with E-state index in [9.17, 15) is 19.5 Å². The highest BCUT2D eigenvalue weighted by molar-refractivity contribution is 7.14. The fourth-order valence-electron chi connectivity index (χ4n) is 2.51. The topological polar surface area (TPSA) is 134 Å². The number of furan rings is 1. The number of phenolic OH excluding ortho intramolecular Hbond substituents is 1.